The predicted molar refractivity (Wildman–Crippen MR) is 141 cm³/mol. The van der Waals surface area contributed by atoms with Gasteiger partial charge in [-0.1, -0.05) is 19.6 Å². The quantitative estimate of drug-likeness (QED) is 0.343. The molecule has 5 aromatic rings. The van der Waals surface area contributed by atoms with Gasteiger partial charge in [-0.25, -0.2) is 0 Å². The van der Waals surface area contributed by atoms with Crippen LogP contribution in [0.3, 0.4) is 0 Å². The van der Waals surface area contributed by atoms with Gasteiger partial charge in [-0.05, 0) is 66.6 Å². The second-order valence-corrected chi connectivity index (χ2v) is 8.27. The first-order valence-corrected chi connectivity index (χ1v) is 11.6. The van der Waals surface area contributed by atoms with Gasteiger partial charge in [-0.15, -0.1) is 0 Å². The van der Waals surface area contributed by atoms with E-state index in [-0.39, 0.29) is 0 Å². The molecule has 0 unspecified atom stereocenters. The fourth-order valence-corrected chi connectivity index (χ4v) is 4.14. The molecule has 7 nitrogen and oxygen atoms in total. The number of aromatic amines is 2. The summed E-state index contributed by atoms with van der Waals surface area (Å²) in [5.74, 6) is 0. The van der Waals surface area contributed by atoms with Crippen LogP contribution in [0, 0.1) is 0 Å². The molecule has 0 aliphatic heterocycles. The Bertz CT molecular complexity index is 1610. The van der Waals surface area contributed by atoms with Crippen molar-refractivity contribution in [3.63, 3.8) is 0 Å². The van der Waals surface area contributed by atoms with Gasteiger partial charge in [0.1, 0.15) is 5.69 Å². The second kappa shape index (κ2) is 9.87. The van der Waals surface area contributed by atoms with E-state index in [2.05, 4.69) is 67.2 Å². The zero-order valence-corrected chi connectivity index (χ0v) is 19.8. The first-order chi connectivity index (χ1) is 17.2. The van der Waals surface area contributed by atoms with Gasteiger partial charge in [-0.3, -0.25) is 20.1 Å². The molecule has 5 rings (SSSR count). The minimum Gasteiger partial charge on any atom is -0.353 e. The second-order valence-electron chi connectivity index (χ2n) is 8.27. The maximum Gasteiger partial charge on any atom is 0.116 e. The summed E-state index contributed by atoms with van der Waals surface area (Å²) in [7, 11) is 0. The minimum atomic E-state index is 0.776. The summed E-state index contributed by atoms with van der Waals surface area (Å²) in [6.45, 7) is 10.1. The van der Waals surface area contributed by atoms with E-state index in [9.17, 15) is 0 Å². The third kappa shape index (κ3) is 4.54. The van der Waals surface area contributed by atoms with Crippen LogP contribution in [0.4, 0.5) is 0 Å². The highest BCUT2D eigenvalue weighted by atomic mass is 15.1. The van der Waals surface area contributed by atoms with Crippen LogP contribution < -0.4 is 15.9 Å². The number of rotatable bonds is 7. The molecule has 5 heterocycles. The van der Waals surface area contributed by atoms with Gasteiger partial charge < -0.3 is 10.3 Å². The molecule has 5 aromatic heterocycles. The Hall–Kier alpha value is -4.36. The normalized spacial score (nSPS) is 12.5. The molecular formula is C28H27N7. The highest BCUT2D eigenvalue weighted by Gasteiger charge is 2.13. The Kier molecular flexibility index (Phi) is 6.32. The number of pyridine rings is 3. The van der Waals surface area contributed by atoms with Crippen LogP contribution in [-0.4, -0.2) is 36.7 Å². The molecule has 0 aliphatic carbocycles. The molecule has 0 saturated carbocycles. The van der Waals surface area contributed by atoms with Crippen LogP contribution in [0.5, 0.6) is 0 Å². The fraction of sp³-hybridized carbons (Fsp3) is 0.143. The standard InChI is InChI=1S/C28H27N7/c1-4-24-22(11-18(3)21-12-19(14-29-5-2)15-31-17-21)28(35-34-24)26-13-23-25(33-26)8-10-32-27(23)20-7-6-9-30-16-20/h4,6-13,15-17,29,33-34H,3,5,14H2,1-2H3/b22-11+,24-4+. The van der Waals surface area contributed by atoms with Crippen molar-refractivity contribution in [1.29, 1.82) is 0 Å². The third-order valence-electron chi connectivity index (χ3n) is 5.92. The van der Waals surface area contributed by atoms with Gasteiger partial charge in [0.2, 0.25) is 0 Å². The van der Waals surface area contributed by atoms with Crippen molar-refractivity contribution < 1.29 is 0 Å². The number of hydrogen-bond acceptors (Lipinski definition) is 5. The van der Waals surface area contributed by atoms with Crippen molar-refractivity contribution in [2.75, 3.05) is 6.54 Å². The first-order valence-electron chi connectivity index (χ1n) is 11.6. The molecule has 3 N–H and O–H groups in total. The van der Waals surface area contributed by atoms with E-state index in [1.807, 2.05) is 56.0 Å². The smallest absolute Gasteiger partial charge is 0.116 e. The highest BCUT2D eigenvalue weighted by Crippen LogP contribution is 2.29. The maximum atomic E-state index is 4.64. The van der Waals surface area contributed by atoms with Gasteiger partial charge in [0.05, 0.1) is 16.7 Å². The van der Waals surface area contributed by atoms with Gasteiger partial charge in [0.25, 0.3) is 0 Å². The Morgan fingerprint density at radius 1 is 1.09 bits per heavy atom. The zero-order chi connectivity index (χ0) is 24.2. The molecule has 0 bridgehead atoms. The number of fused-ring (bicyclic) bond motifs is 1. The predicted octanol–water partition coefficient (Wildman–Crippen LogP) is 3.81. The SMILES string of the molecule is C=C(/C=c1/c(-c2cc3c(-c4cccnc4)nccc3[nH]2)n[nH]/c1=C/C)c1cncc(CNCC)c1. The number of hydrogen-bond donors (Lipinski definition) is 3. The first kappa shape index (κ1) is 22.4. The van der Waals surface area contributed by atoms with Crippen molar-refractivity contribution in [3.05, 3.63) is 89.6 Å². The number of nitrogens with zero attached hydrogens (tertiary/aromatic N) is 4. The lowest BCUT2D eigenvalue weighted by Gasteiger charge is -2.05. The molecule has 0 fully saturated rings. The monoisotopic (exact) mass is 461 g/mol. The van der Waals surface area contributed by atoms with E-state index >= 15 is 0 Å². The van der Waals surface area contributed by atoms with Crippen molar-refractivity contribution in [2.24, 2.45) is 0 Å². The lowest BCUT2D eigenvalue weighted by molar-refractivity contribution is 0.724. The van der Waals surface area contributed by atoms with Crippen molar-refractivity contribution >= 4 is 28.6 Å². The molecule has 35 heavy (non-hydrogen) atoms. The van der Waals surface area contributed by atoms with Crippen molar-refractivity contribution in [3.8, 4) is 22.6 Å². The van der Waals surface area contributed by atoms with Crippen molar-refractivity contribution in [2.45, 2.75) is 20.4 Å². The molecule has 0 atom stereocenters. The molecule has 0 radical (unpaired) electrons. The summed E-state index contributed by atoms with van der Waals surface area (Å²) < 4.78 is 0. The number of H-pyrrole nitrogens is 2. The molecule has 0 aliphatic rings. The summed E-state index contributed by atoms with van der Waals surface area (Å²) in [5, 5.41) is 14.1. The summed E-state index contributed by atoms with van der Waals surface area (Å²) in [6.07, 6.45) is 13.2. The Morgan fingerprint density at radius 2 is 2.00 bits per heavy atom. The van der Waals surface area contributed by atoms with Gasteiger partial charge in [-0.2, -0.15) is 5.10 Å². The number of nitrogens with one attached hydrogen (secondary N) is 3. The fourth-order valence-electron chi connectivity index (χ4n) is 4.14. The Labute approximate surface area is 203 Å². The van der Waals surface area contributed by atoms with Crippen LogP contribution >= 0.6 is 0 Å². The number of aromatic nitrogens is 6. The zero-order valence-electron chi connectivity index (χ0n) is 19.8. The van der Waals surface area contributed by atoms with E-state index in [1.165, 1.54) is 0 Å². The largest absolute Gasteiger partial charge is 0.353 e. The highest BCUT2D eigenvalue weighted by molar-refractivity contribution is 5.96. The number of allylic oxidation sites excluding steroid dienone is 1. The lowest BCUT2D eigenvalue weighted by Crippen LogP contribution is -2.23. The van der Waals surface area contributed by atoms with Gasteiger partial charge in [0.15, 0.2) is 0 Å². The molecule has 0 saturated heterocycles. The summed E-state index contributed by atoms with van der Waals surface area (Å²) in [5.41, 5.74) is 7.55. The topological polar surface area (TPSA) is 95.2 Å². The Balaban J connectivity index is 1.59. The van der Waals surface area contributed by atoms with Crippen LogP contribution in [0.25, 0.3) is 51.3 Å². The summed E-state index contributed by atoms with van der Waals surface area (Å²) in [4.78, 5) is 16.8. The molecule has 174 valence electrons. The lowest BCUT2D eigenvalue weighted by atomic mass is 10.1. The average Bonchev–Trinajstić information content (AvgIpc) is 3.51. The minimum absolute atomic E-state index is 0.776. The van der Waals surface area contributed by atoms with Crippen LogP contribution in [-0.2, 0) is 6.54 Å². The van der Waals surface area contributed by atoms with Gasteiger partial charge >= 0.3 is 0 Å². The van der Waals surface area contributed by atoms with E-state index in [4.69, 9.17) is 0 Å². The maximum absolute atomic E-state index is 4.64. The Morgan fingerprint density at radius 3 is 2.80 bits per heavy atom. The van der Waals surface area contributed by atoms with Crippen LogP contribution in [0.2, 0.25) is 0 Å². The molecule has 0 spiro atoms. The molecule has 0 amide bonds. The summed E-state index contributed by atoms with van der Waals surface area (Å²) in [6, 6.07) is 10.1. The van der Waals surface area contributed by atoms with E-state index in [0.29, 0.717) is 0 Å². The summed E-state index contributed by atoms with van der Waals surface area (Å²) >= 11 is 0. The van der Waals surface area contributed by atoms with E-state index < -0.39 is 0 Å². The van der Waals surface area contributed by atoms with E-state index in [1.54, 1.807) is 6.20 Å². The van der Waals surface area contributed by atoms with E-state index in [0.717, 1.165) is 73.9 Å². The third-order valence-corrected chi connectivity index (χ3v) is 5.92. The molecule has 7 heteroatoms. The molecular weight excluding hydrogens is 434 g/mol. The van der Waals surface area contributed by atoms with Crippen LogP contribution in [0.1, 0.15) is 25.0 Å². The van der Waals surface area contributed by atoms with Crippen LogP contribution in [0.15, 0.2) is 67.9 Å². The van der Waals surface area contributed by atoms with Gasteiger partial charge in [0, 0.05) is 59.2 Å². The van der Waals surface area contributed by atoms with Crippen molar-refractivity contribution in [1.82, 2.24) is 35.5 Å². The molecule has 0 aromatic carbocycles. The average molecular weight is 462 g/mol.